The monoisotopic (exact) mass is 201 g/mol. The molecule has 0 aromatic heterocycles. The summed E-state index contributed by atoms with van der Waals surface area (Å²) in [5.74, 6) is -1.47. The molecule has 0 aliphatic carbocycles. The van der Waals surface area contributed by atoms with Gasteiger partial charge in [-0.15, -0.1) is 0 Å². The Morgan fingerprint density at radius 2 is 2.00 bits per heavy atom. The molecule has 0 aromatic carbocycles. The average Bonchev–Trinajstić information content (AvgIpc) is 2.03. The van der Waals surface area contributed by atoms with Gasteiger partial charge in [0, 0.05) is 19.1 Å². The zero-order valence-electron chi connectivity index (χ0n) is 9.59. The number of carbonyl (C=O) groups excluding carboxylic acids is 1. The van der Waals surface area contributed by atoms with Crippen molar-refractivity contribution in [1.29, 1.82) is 0 Å². The maximum atomic E-state index is 11.3. The van der Waals surface area contributed by atoms with E-state index in [1.54, 1.807) is 32.8 Å². The maximum absolute atomic E-state index is 11.3. The first kappa shape index (κ1) is 13.1. The first-order chi connectivity index (χ1) is 6.33. The van der Waals surface area contributed by atoms with Gasteiger partial charge >= 0.3 is 5.97 Å². The van der Waals surface area contributed by atoms with Crippen LogP contribution in [0.3, 0.4) is 0 Å². The standard InChI is InChI=1S/C10H19NO3/c1-7-13-10(4,11(5)6)14-9(12)8(2)3/h2,7H2,1,3-6H3. The van der Waals surface area contributed by atoms with Crippen LogP contribution in [0, 0.1) is 0 Å². The number of rotatable bonds is 5. The van der Waals surface area contributed by atoms with Crippen molar-refractivity contribution in [3.63, 3.8) is 0 Å². The van der Waals surface area contributed by atoms with E-state index in [0.717, 1.165) is 0 Å². The summed E-state index contributed by atoms with van der Waals surface area (Å²) in [7, 11) is 3.56. The topological polar surface area (TPSA) is 38.8 Å². The highest BCUT2D eigenvalue weighted by molar-refractivity contribution is 5.87. The second-order valence-electron chi connectivity index (χ2n) is 3.40. The molecule has 0 saturated heterocycles. The SMILES string of the molecule is C=C(C)C(=O)OC(C)(OCC)N(C)C. The summed E-state index contributed by atoms with van der Waals surface area (Å²) < 4.78 is 10.5. The van der Waals surface area contributed by atoms with Gasteiger partial charge in [0.2, 0.25) is 0 Å². The smallest absolute Gasteiger partial charge is 0.336 e. The predicted octanol–water partition coefficient (Wildman–Crippen LogP) is 1.38. The molecule has 0 amide bonds. The number of hydrogen-bond donors (Lipinski definition) is 0. The Morgan fingerprint density at radius 3 is 2.29 bits per heavy atom. The second-order valence-corrected chi connectivity index (χ2v) is 3.40. The number of hydrogen-bond acceptors (Lipinski definition) is 4. The van der Waals surface area contributed by atoms with Crippen LogP contribution >= 0.6 is 0 Å². The molecular weight excluding hydrogens is 182 g/mol. The third-order valence-corrected chi connectivity index (χ3v) is 1.86. The Balaban J connectivity index is 4.52. The van der Waals surface area contributed by atoms with E-state index in [4.69, 9.17) is 9.47 Å². The molecule has 0 radical (unpaired) electrons. The molecule has 0 aliphatic heterocycles. The van der Waals surface area contributed by atoms with Crippen LogP contribution in [0.2, 0.25) is 0 Å². The van der Waals surface area contributed by atoms with Gasteiger partial charge in [0.05, 0.1) is 0 Å². The Kier molecular flexibility index (Phi) is 4.80. The van der Waals surface area contributed by atoms with E-state index < -0.39 is 11.9 Å². The van der Waals surface area contributed by atoms with E-state index in [1.807, 2.05) is 6.92 Å². The van der Waals surface area contributed by atoms with Crippen LogP contribution in [0.15, 0.2) is 12.2 Å². The molecule has 0 N–H and O–H groups in total. The summed E-state index contributed by atoms with van der Waals surface area (Å²) in [5.41, 5.74) is 0.359. The number of nitrogens with zero attached hydrogens (tertiary/aromatic N) is 1. The molecule has 0 bridgehead atoms. The Labute approximate surface area is 85.5 Å². The van der Waals surface area contributed by atoms with Gasteiger partial charge in [-0.3, -0.25) is 0 Å². The van der Waals surface area contributed by atoms with Crippen molar-refractivity contribution in [2.24, 2.45) is 0 Å². The highest BCUT2D eigenvalue weighted by atomic mass is 16.7. The zero-order valence-corrected chi connectivity index (χ0v) is 9.59. The quantitative estimate of drug-likeness (QED) is 0.382. The highest BCUT2D eigenvalue weighted by Crippen LogP contribution is 2.16. The molecule has 0 aromatic rings. The first-order valence-corrected chi connectivity index (χ1v) is 4.53. The average molecular weight is 201 g/mol. The van der Waals surface area contributed by atoms with Gasteiger partial charge in [0.1, 0.15) is 0 Å². The molecule has 0 fully saturated rings. The number of carbonyl (C=O) groups is 1. The molecule has 1 unspecified atom stereocenters. The van der Waals surface area contributed by atoms with Gasteiger partial charge in [-0.25, -0.2) is 9.69 Å². The van der Waals surface area contributed by atoms with E-state index in [9.17, 15) is 4.79 Å². The van der Waals surface area contributed by atoms with Crippen LogP contribution in [0.25, 0.3) is 0 Å². The van der Waals surface area contributed by atoms with Crippen molar-refractivity contribution in [1.82, 2.24) is 4.90 Å². The van der Waals surface area contributed by atoms with Gasteiger partial charge in [0.25, 0.3) is 5.91 Å². The third-order valence-electron chi connectivity index (χ3n) is 1.86. The van der Waals surface area contributed by atoms with Crippen LogP contribution in [-0.2, 0) is 14.3 Å². The van der Waals surface area contributed by atoms with Crippen LogP contribution in [-0.4, -0.2) is 37.5 Å². The summed E-state index contributed by atoms with van der Waals surface area (Å²) in [6.45, 7) is 9.12. The van der Waals surface area contributed by atoms with Crippen LogP contribution in [0.1, 0.15) is 20.8 Å². The summed E-state index contributed by atoms with van der Waals surface area (Å²) in [6, 6.07) is 0. The van der Waals surface area contributed by atoms with Gasteiger partial charge in [0.15, 0.2) is 0 Å². The molecular formula is C10H19NO3. The minimum Gasteiger partial charge on any atom is -0.416 e. The fourth-order valence-electron chi connectivity index (χ4n) is 0.777. The highest BCUT2D eigenvalue weighted by Gasteiger charge is 2.32. The van der Waals surface area contributed by atoms with Crippen molar-refractivity contribution in [2.75, 3.05) is 20.7 Å². The molecule has 4 nitrogen and oxygen atoms in total. The molecule has 0 rings (SSSR count). The maximum Gasteiger partial charge on any atom is 0.336 e. The van der Waals surface area contributed by atoms with Crippen LogP contribution < -0.4 is 0 Å². The van der Waals surface area contributed by atoms with Gasteiger partial charge in [-0.1, -0.05) is 6.58 Å². The van der Waals surface area contributed by atoms with E-state index >= 15 is 0 Å². The zero-order chi connectivity index (χ0) is 11.4. The van der Waals surface area contributed by atoms with Crippen LogP contribution in [0.4, 0.5) is 0 Å². The number of esters is 1. The molecule has 0 heterocycles. The molecule has 82 valence electrons. The van der Waals surface area contributed by atoms with Crippen LogP contribution in [0.5, 0.6) is 0 Å². The Morgan fingerprint density at radius 1 is 1.50 bits per heavy atom. The second kappa shape index (κ2) is 5.12. The lowest BCUT2D eigenvalue weighted by molar-refractivity contribution is -0.277. The Hall–Kier alpha value is -0.870. The fraction of sp³-hybridized carbons (Fsp3) is 0.700. The molecule has 1 atom stereocenters. The lowest BCUT2D eigenvalue weighted by atomic mass is 10.3. The molecule has 14 heavy (non-hydrogen) atoms. The largest absolute Gasteiger partial charge is 0.416 e. The predicted molar refractivity (Wildman–Crippen MR) is 54.6 cm³/mol. The van der Waals surface area contributed by atoms with E-state index in [1.165, 1.54) is 0 Å². The van der Waals surface area contributed by atoms with Gasteiger partial charge < -0.3 is 9.47 Å². The fourth-order valence-corrected chi connectivity index (χ4v) is 0.777. The van der Waals surface area contributed by atoms with Gasteiger partial charge in [-0.2, -0.15) is 0 Å². The summed E-state index contributed by atoms with van der Waals surface area (Å²) in [5, 5.41) is 0. The Bertz CT molecular complexity index is 225. The van der Waals surface area contributed by atoms with Crippen molar-refractivity contribution >= 4 is 5.97 Å². The summed E-state index contributed by atoms with van der Waals surface area (Å²) in [6.07, 6.45) is 0. The minimum absolute atomic E-state index is 0.359. The summed E-state index contributed by atoms with van der Waals surface area (Å²) in [4.78, 5) is 13.0. The van der Waals surface area contributed by atoms with Crippen molar-refractivity contribution in [2.45, 2.75) is 26.7 Å². The molecule has 0 spiro atoms. The first-order valence-electron chi connectivity index (χ1n) is 4.53. The van der Waals surface area contributed by atoms with Crippen molar-refractivity contribution in [3.05, 3.63) is 12.2 Å². The van der Waals surface area contributed by atoms with E-state index in [0.29, 0.717) is 12.2 Å². The molecule has 4 heteroatoms. The number of ether oxygens (including phenoxy) is 2. The third kappa shape index (κ3) is 3.47. The van der Waals surface area contributed by atoms with E-state index in [-0.39, 0.29) is 0 Å². The minimum atomic E-state index is -1.02. The molecule has 0 aliphatic rings. The van der Waals surface area contributed by atoms with Gasteiger partial charge in [-0.05, 0) is 27.9 Å². The molecule has 0 saturated carbocycles. The summed E-state index contributed by atoms with van der Waals surface area (Å²) >= 11 is 0. The normalized spacial score (nSPS) is 15.0. The van der Waals surface area contributed by atoms with Crippen molar-refractivity contribution in [3.8, 4) is 0 Å². The lowest BCUT2D eigenvalue weighted by Gasteiger charge is -2.34. The lowest BCUT2D eigenvalue weighted by Crippen LogP contribution is -2.47. The van der Waals surface area contributed by atoms with E-state index in [2.05, 4.69) is 6.58 Å². The van der Waals surface area contributed by atoms with Crippen molar-refractivity contribution < 1.29 is 14.3 Å².